The van der Waals surface area contributed by atoms with Crippen LogP contribution in [0.4, 0.5) is 13.2 Å². The second-order valence-corrected chi connectivity index (χ2v) is 4.95. The highest BCUT2D eigenvalue weighted by molar-refractivity contribution is 8.00. The number of nitrogens with zero attached hydrogens (tertiary/aromatic N) is 1. The van der Waals surface area contributed by atoms with Crippen LogP contribution in [0.25, 0.3) is 0 Å². The molecule has 0 amide bonds. The van der Waals surface area contributed by atoms with Gasteiger partial charge < -0.3 is 5.11 Å². The molecule has 0 saturated carbocycles. The van der Waals surface area contributed by atoms with Crippen LogP contribution in [0.5, 0.6) is 0 Å². The van der Waals surface area contributed by atoms with Crippen LogP contribution in [-0.4, -0.2) is 16.3 Å². The van der Waals surface area contributed by atoms with Crippen LogP contribution in [-0.2, 0) is 11.0 Å². The topological polar surface area (TPSA) is 61.1 Å². The molecule has 0 aliphatic rings. The van der Waals surface area contributed by atoms with Crippen molar-refractivity contribution in [2.45, 2.75) is 29.7 Å². The van der Waals surface area contributed by atoms with E-state index in [2.05, 4.69) is 0 Å². The molecule has 19 heavy (non-hydrogen) atoms. The first-order valence-electron chi connectivity index (χ1n) is 5.30. The first kappa shape index (κ1) is 15.4. The van der Waals surface area contributed by atoms with Gasteiger partial charge in [0.2, 0.25) is 0 Å². The van der Waals surface area contributed by atoms with Crippen molar-refractivity contribution < 1.29 is 23.1 Å². The van der Waals surface area contributed by atoms with Crippen molar-refractivity contribution in [2.75, 3.05) is 0 Å². The molecule has 0 bridgehead atoms. The number of carboxylic acid groups (broad SMARTS) is 1. The van der Waals surface area contributed by atoms with Gasteiger partial charge in [0.05, 0.1) is 17.2 Å². The molecule has 0 aliphatic heterocycles. The summed E-state index contributed by atoms with van der Waals surface area (Å²) >= 11 is 0.928. The maximum absolute atomic E-state index is 12.6. The first-order chi connectivity index (χ1) is 8.79. The van der Waals surface area contributed by atoms with E-state index in [4.69, 9.17) is 10.4 Å². The molecular formula is C12H10F3NO2S. The molecule has 0 heterocycles. The van der Waals surface area contributed by atoms with Crippen molar-refractivity contribution in [3.05, 3.63) is 29.3 Å². The van der Waals surface area contributed by atoms with Gasteiger partial charge in [0.25, 0.3) is 0 Å². The van der Waals surface area contributed by atoms with Crippen LogP contribution in [0.3, 0.4) is 0 Å². The number of nitriles is 1. The molecule has 0 radical (unpaired) electrons. The van der Waals surface area contributed by atoms with E-state index in [9.17, 15) is 18.0 Å². The van der Waals surface area contributed by atoms with E-state index in [1.54, 1.807) is 6.92 Å². The summed E-state index contributed by atoms with van der Waals surface area (Å²) in [7, 11) is 0. The van der Waals surface area contributed by atoms with Crippen molar-refractivity contribution in [2.24, 2.45) is 0 Å². The van der Waals surface area contributed by atoms with Gasteiger partial charge in [0.15, 0.2) is 0 Å². The summed E-state index contributed by atoms with van der Waals surface area (Å²) in [6.07, 6.45) is -4.26. The Bertz CT molecular complexity index is 523. The molecule has 0 aliphatic carbocycles. The molecule has 0 saturated heterocycles. The zero-order valence-electron chi connectivity index (χ0n) is 9.86. The predicted molar refractivity (Wildman–Crippen MR) is 63.7 cm³/mol. The number of carboxylic acids is 1. The summed E-state index contributed by atoms with van der Waals surface area (Å²) in [5.74, 6) is -1.04. The van der Waals surface area contributed by atoms with Crippen molar-refractivity contribution >= 4 is 17.7 Å². The van der Waals surface area contributed by atoms with E-state index in [1.165, 1.54) is 12.1 Å². The number of hydrogen-bond donors (Lipinski definition) is 1. The molecule has 102 valence electrons. The molecule has 1 atom stereocenters. The van der Waals surface area contributed by atoms with E-state index >= 15 is 0 Å². The van der Waals surface area contributed by atoms with Gasteiger partial charge >= 0.3 is 12.1 Å². The van der Waals surface area contributed by atoms with Crippen molar-refractivity contribution in [1.29, 1.82) is 5.26 Å². The van der Waals surface area contributed by atoms with E-state index in [-0.39, 0.29) is 0 Å². The molecule has 0 aromatic heterocycles. The second-order valence-electron chi connectivity index (χ2n) is 3.67. The fourth-order valence-corrected chi connectivity index (χ4v) is 2.34. The summed E-state index contributed by atoms with van der Waals surface area (Å²) in [5, 5.41) is 16.9. The van der Waals surface area contributed by atoms with Gasteiger partial charge in [-0.3, -0.25) is 4.79 Å². The predicted octanol–water partition coefficient (Wildman–Crippen LogP) is 3.53. The second kappa shape index (κ2) is 5.97. The molecule has 7 heteroatoms. The minimum atomic E-state index is -4.59. The van der Waals surface area contributed by atoms with Gasteiger partial charge in [-0.15, -0.1) is 11.8 Å². The SMILES string of the molecule is CCC(Sc1ccc(C(F)(F)F)c(C#N)c1)C(=O)O. The Balaban J connectivity index is 3.08. The maximum atomic E-state index is 12.6. The highest BCUT2D eigenvalue weighted by atomic mass is 32.2. The summed E-state index contributed by atoms with van der Waals surface area (Å²) in [5.41, 5.74) is -1.51. The number of hydrogen-bond acceptors (Lipinski definition) is 3. The molecule has 1 aromatic carbocycles. The molecule has 1 rings (SSSR count). The Labute approximate surface area is 112 Å². The maximum Gasteiger partial charge on any atom is 0.417 e. The van der Waals surface area contributed by atoms with Gasteiger partial charge in [0, 0.05) is 4.90 Å². The standard InChI is InChI=1S/C12H10F3NO2S/c1-2-10(11(17)18)19-8-3-4-9(12(13,14)15)7(5-8)6-16/h3-5,10H,2H2,1H3,(H,17,18). The van der Waals surface area contributed by atoms with E-state index in [0.29, 0.717) is 11.3 Å². The summed E-state index contributed by atoms with van der Waals surface area (Å²) in [6.45, 7) is 1.67. The van der Waals surface area contributed by atoms with Crippen molar-refractivity contribution in [3.63, 3.8) is 0 Å². The number of alkyl halides is 3. The van der Waals surface area contributed by atoms with Crippen molar-refractivity contribution in [1.82, 2.24) is 0 Å². The van der Waals surface area contributed by atoms with Crippen LogP contribution < -0.4 is 0 Å². The molecule has 3 nitrogen and oxygen atoms in total. The Kier molecular flexibility index (Phi) is 4.84. The Morgan fingerprint density at radius 2 is 2.16 bits per heavy atom. The smallest absolute Gasteiger partial charge is 0.417 e. The average molecular weight is 289 g/mol. The van der Waals surface area contributed by atoms with Gasteiger partial charge in [-0.25, -0.2) is 0 Å². The fourth-order valence-electron chi connectivity index (χ4n) is 1.41. The minimum absolute atomic E-state index is 0.332. The van der Waals surface area contributed by atoms with Gasteiger partial charge in [-0.05, 0) is 24.6 Å². The molecule has 1 unspecified atom stereocenters. The molecule has 1 aromatic rings. The van der Waals surface area contributed by atoms with Crippen molar-refractivity contribution in [3.8, 4) is 6.07 Å². The Hall–Kier alpha value is -1.68. The van der Waals surface area contributed by atoms with Gasteiger partial charge in [0.1, 0.15) is 5.25 Å². The third-order valence-electron chi connectivity index (χ3n) is 2.34. The Morgan fingerprint density at radius 1 is 1.53 bits per heavy atom. The molecular weight excluding hydrogens is 279 g/mol. The lowest BCUT2D eigenvalue weighted by Gasteiger charge is -2.12. The summed E-state index contributed by atoms with van der Waals surface area (Å²) in [6, 6.07) is 4.53. The quantitative estimate of drug-likeness (QED) is 0.861. The van der Waals surface area contributed by atoms with E-state index < -0.39 is 28.5 Å². The van der Waals surface area contributed by atoms with Gasteiger partial charge in [-0.1, -0.05) is 6.92 Å². The summed E-state index contributed by atoms with van der Waals surface area (Å²) < 4.78 is 37.7. The average Bonchev–Trinajstić information content (AvgIpc) is 2.33. The Morgan fingerprint density at radius 3 is 2.58 bits per heavy atom. The number of benzene rings is 1. The number of carbonyl (C=O) groups is 1. The molecule has 0 fully saturated rings. The number of aliphatic carboxylic acids is 1. The molecule has 0 spiro atoms. The van der Waals surface area contributed by atoms with Crippen LogP contribution in [0, 0.1) is 11.3 Å². The lowest BCUT2D eigenvalue weighted by Crippen LogP contribution is -2.15. The first-order valence-corrected chi connectivity index (χ1v) is 6.18. The highest BCUT2D eigenvalue weighted by Gasteiger charge is 2.33. The monoisotopic (exact) mass is 289 g/mol. The van der Waals surface area contributed by atoms with Gasteiger partial charge in [-0.2, -0.15) is 18.4 Å². The zero-order chi connectivity index (χ0) is 14.6. The minimum Gasteiger partial charge on any atom is -0.480 e. The van der Waals surface area contributed by atoms with E-state index in [0.717, 1.165) is 23.9 Å². The number of rotatable bonds is 4. The summed E-state index contributed by atoms with van der Waals surface area (Å²) in [4.78, 5) is 11.2. The van der Waals surface area contributed by atoms with Crippen LogP contribution in [0.2, 0.25) is 0 Å². The third kappa shape index (κ3) is 3.89. The van der Waals surface area contributed by atoms with Crippen LogP contribution >= 0.6 is 11.8 Å². The highest BCUT2D eigenvalue weighted by Crippen LogP contribution is 2.35. The lowest BCUT2D eigenvalue weighted by molar-refractivity contribution is -0.138. The zero-order valence-corrected chi connectivity index (χ0v) is 10.7. The number of thioether (sulfide) groups is 1. The van der Waals surface area contributed by atoms with Crippen LogP contribution in [0.1, 0.15) is 24.5 Å². The third-order valence-corrected chi connectivity index (χ3v) is 3.69. The normalized spacial score (nSPS) is 12.8. The lowest BCUT2D eigenvalue weighted by atomic mass is 10.1. The van der Waals surface area contributed by atoms with E-state index in [1.807, 2.05) is 0 Å². The largest absolute Gasteiger partial charge is 0.480 e. The van der Waals surface area contributed by atoms with Crippen LogP contribution in [0.15, 0.2) is 23.1 Å². The fraction of sp³-hybridized carbons (Fsp3) is 0.333. The molecule has 1 N–H and O–H groups in total. The number of halogens is 3.